The Hall–Kier alpha value is -2.43. The summed E-state index contributed by atoms with van der Waals surface area (Å²) in [7, 11) is 3.46. The Kier molecular flexibility index (Phi) is 9.10. The Balaban J connectivity index is 0.00000300. The Morgan fingerprint density at radius 3 is 2.55 bits per heavy atom. The van der Waals surface area contributed by atoms with Crippen LogP contribution in [-0.2, 0) is 0 Å². The largest absolute Gasteiger partial charge is 0.497 e. The van der Waals surface area contributed by atoms with Gasteiger partial charge in [-0.15, -0.1) is 24.0 Å². The number of furan rings is 1. The van der Waals surface area contributed by atoms with Gasteiger partial charge in [-0.1, -0.05) is 6.07 Å². The molecular formula is C20H28IN5O3. The molecule has 2 N–H and O–H groups in total. The van der Waals surface area contributed by atoms with E-state index in [0.717, 1.165) is 37.9 Å². The summed E-state index contributed by atoms with van der Waals surface area (Å²) in [4.78, 5) is 20.8. The predicted octanol–water partition coefficient (Wildman–Crippen LogP) is 2.03. The zero-order valence-electron chi connectivity index (χ0n) is 16.8. The molecule has 0 saturated carbocycles. The SMILES string of the molecule is CN=C(NCCNC(=O)c1ccco1)N1CCN(c2cccc(OC)c2)CC1.I. The van der Waals surface area contributed by atoms with Crippen LogP contribution in [0.2, 0.25) is 0 Å². The third-order valence-corrected chi connectivity index (χ3v) is 4.65. The molecule has 1 aliphatic rings. The van der Waals surface area contributed by atoms with Crippen LogP contribution in [0.5, 0.6) is 5.75 Å². The highest BCUT2D eigenvalue weighted by Crippen LogP contribution is 2.22. The number of hydrogen-bond acceptors (Lipinski definition) is 5. The van der Waals surface area contributed by atoms with E-state index in [-0.39, 0.29) is 29.9 Å². The summed E-state index contributed by atoms with van der Waals surface area (Å²) < 4.78 is 10.4. The van der Waals surface area contributed by atoms with Gasteiger partial charge in [-0.05, 0) is 24.3 Å². The second-order valence-corrected chi connectivity index (χ2v) is 6.38. The van der Waals surface area contributed by atoms with Crippen molar-refractivity contribution in [2.24, 2.45) is 4.99 Å². The fourth-order valence-corrected chi connectivity index (χ4v) is 3.16. The molecule has 0 spiro atoms. The molecule has 8 nitrogen and oxygen atoms in total. The van der Waals surface area contributed by atoms with Gasteiger partial charge < -0.3 is 29.6 Å². The van der Waals surface area contributed by atoms with Crippen molar-refractivity contribution in [3.05, 3.63) is 48.4 Å². The van der Waals surface area contributed by atoms with Gasteiger partial charge in [0.2, 0.25) is 0 Å². The van der Waals surface area contributed by atoms with E-state index in [9.17, 15) is 4.79 Å². The highest BCUT2D eigenvalue weighted by Gasteiger charge is 2.20. The third kappa shape index (κ3) is 6.28. The fourth-order valence-electron chi connectivity index (χ4n) is 3.16. The van der Waals surface area contributed by atoms with E-state index >= 15 is 0 Å². The van der Waals surface area contributed by atoms with E-state index in [4.69, 9.17) is 9.15 Å². The second kappa shape index (κ2) is 11.5. The van der Waals surface area contributed by atoms with Crippen molar-refractivity contribution in [1.29, 1.82) is 0 Å². The van der Waals surface area contributed by atoms with Gasteiger partial charge in [0, 0.05) is 58.1 Å². The number of methoxy groups -OCH3 is 1. The number of nitrogens with one attached hydrogen (secondary N) is 2. The summed E-state index contributed by atoms with van der Waals surface area (Å²) in [5, 5.41) is 6.12. The third-order valence-electron chi connectivity index (χ3n) is 4.65. The molecule has 0 atom stereocenters. The number of halogens is 1. The molecule has 29 heavy (non-hydrogen) atoms. The zero-order chi connectivity index (χ0) is 19.8. The fraction of sp³-hybridized carbons (Fsp3) is 0.400. The number of hydrogen-bond donors (Lipinski definition) is 2. The molecule has 9 heteroatoms. The van der Waals surface area contributed by atoms with E-state index in [0.29, 0.717) is 18.8 Å². The summed E-state index contributed by atoms with van der Waals surface area (Å²) in [6, 6.07) is 11.5. The lowest BCUT2D eigenvalue weighted by Gasteiger charge is -2.37. The molecule has 0 bridgehead atoms. The van der Waals surface area contributed by atoms with Crippen molar-refractivity contribution in [1.82, 2.24) is 15.5 Å². The first kappa shape index (κ1) is 22.9. The maximum atomic E-state index is 11.9. The smallest absolute Gasteiger partial charge is 0.287 e. The van der Waals surface area contributed by atoms with E-state index < -0.39 is 0 Å². The van der Waals surface area contributed by atoms with Gasteiger partial charge in [0.1, 0.15) is 5.75 Å². The maximum absolute atomic E-state index is 11.9. The molecule has 0 aliphatic carbocycles. The van der Waals surface area contributed by atoms with Crippen LogP contribution >= 0.6 is 24.0 Å². The summed E-state index contributed by atoms with van der Waals surface area (Å²) in [6.07, 6.45) is 1.49. The first-order valence-corrected chi connectivity index (χ1v) is 9.37. The lowest BCUT2D eigenvalue weighted by Crippen LogP contribution is -2.53. The van der Waals surface area contributed by atoms with E-state index in [1.165, 1.54) is 12.0 Å². The molecule has 0 unspecified atom stereocenters. The number of amides is 1. The molecule has 1 fully saturated rings. The minimum atomic E-state index is -0.214. The minimum Gasteiger partial charge on any atom is -0.497 e. The van der Waals surface area contributed by atoms with Gasteiger partial charge in [-0.2, -0.15) is 0 Å². The van der Waals surface area contributed by atoms with Crippen molar-refractivity contribution < 1.29 is 13.9 Å². The maximum Gasteiger partial charge on any atom is 0.287 e. The molecule has 158 valence electrons. The number of rotatable bonds is 6. The standard InChI is InChI=1S/C20H27N5O3.HI/c1-21-20(23-9-8-22-19(26)18-7-4-14-28-18)25-12-10-24(11-13-25)16-5-3-6-17(15-16)27-2;/h3-7,14-15H,8-13H2,1-2H3,(H,21,23)(H,22,26);1H. The van der Waals surface area contributed by atoms with Crippen molar-refractivity contribution in [3.8, 4) is 5.75 Å². The topological polar surface area (TPSA) is 82.3 Å². The molecule has 3 rings (SSSR count). The lowest BCUT2D eigenvalue weighted by molar-refractivity contribution is 0.0926. The van der Waals surface area contributed by atoms with Gasteiger partial charge >= 0.3 is 0 Å². The molecule has 1 aromatic heterocycles. The molecule has 2 aromatic rings. The zero-order valence-corrected chi connectivity index (χ0v) is 19.1. The summed E-state index contributed by atoms with van der Waals surface area (Å²) in [6.45, 7) is 4.63. The number of piperazine rings is 1. The monoisotopic (exact) mass is 513 g/mol. The summed E-state index contributed by atoms with van der Waals surface area (Å²) in [5.74, 6) is 1.82. The van der Waals surface area contributed by atoms with Gasteiger partial charge in [0.25, 0.3) is 5.91 Å². The number of ether oxygens (including phenoxy) is 1. The van der Waals surface area contributed by atoms with Crippen molar-refractivity contribution in [2.75, 3.05) is 58.3 Å². The average molecular weight is 513 g/mol. The van der Waals surface area contributed by atoms with E-state index in [2.05, 4.69) is 37.6 Å². The Labute approximate surface area is 188 Å². The molecule has 1 amide bonds. The summed E-state index contributed by atoms with van der Waals surface area (Å²) in [5.41, 5.74) is 1.17. The van der Waals surface area contributed by atoms with Gasteiger partial charge in [0.15, 0.2) is 11.7 Å². The van der Waals surface area contributed by atoms with Crippen LogP contribution < -0.4 is 20.3 Å². The minimum absolute atomic E-state index is 0. The van der Waals surface area contributed by atoms with E-state index in [1.54, 1.807) is 26.3 Å². The number of carbonyl (C=O) groups excluding carboxylic acids is 1. The molecule has 1 aliphatic heterocycles. The molecule has 2 heterocycles. The Morgan fingerprint density at radius 2 is 1.90 bits per heavy atom. The van der Waals surface area contributed by atoms with Crippen LogP contribution in [0.25, 0.3) is 0 Å². The second-order valence-electron chi connectivity index (χ2n) is 6.38. The molecular weight excluding hydrogens is 485 g/mol. The Morgan fingerprint density at radius 1 is 1.14 bits per heavy atom. The van der Waals surface area contributed by atoms with Gasteiger partial charge in [0.05, 0.1) is 13.4 Å². The van der Waals surface area contributed by atoms with Crippen LogP contribution in [0.4, 0.5) is 5.69 Å². The van der Waals surface area contributed by atoms with Crippen LogP contribution in [0.1, 0.15) is 10.6 Å². The first-order valence-electron chi connectivity index (χ1n) is 9.37. The number of carbonyl (C=O) groups is 1. The normalized spacial score (nSPS) is 14.2. The van der Waals surface area contributed by atoms with Crippen LogP contribution in [-0.4, -0.2) is 70.2 Å². The number of guanidine groups is 1. The van der Waals surface area contributed by atoms with Crippen molar-refractivity contribution in [3.63, 3.8) is 0 Å². The van der Waals surface area contributed by atoms with Crippen LogP contribution in [0, 0.1) is 0 Å². The highest BCUT2D eigenvalue weighted by atomic mass is 127. The Bertz CT molecular complexity index is 789. The molecule has 0 radical (unpaired) electrons. The molecule has 1 saturated heterocycles. The highest BCUT2D eigenvalue weighted by molar-refractivity contribution is 14.0. The van der Waals surface area contributed by atoms with E-state index in [1.807, 2.05) is 12.1 Å². The number of anilines is 1. The van der Waals surface area contributed by atoms with Gasteiger partial charge in [-0.25, -0.2) is 0 Å². The predicted molar refractivity (Wildman–Crippen MR) is 125 cm³/mol. The number of benzene rings is 1. The van der Waals surface area contributed by atoms with Crippen molar-refractivity contribution >= 4 is 41.5 Å². The quantitative estimate of drug-likeness (QED) is 0.266. The molecule has 1 aromatic carbocycles. The number of aliphatic imine (C=N–C) groups is 1. The summed E-state index contributed by atoms with van der Waals surface area (Å²) >= 11 is 0. The van der Waals surface area contributed by atoms with Gasteiger partial charge in [-0.3, -0.25) is 9.79 Å². The van der Waals surface area contributed by atoms with Crippen LogP contribution in [0.15, 0.2) is 52.1 Å². The average Bonchev–Trinajstić information content (AvgIpc) is 3.29. The van der Waals surface area contributed by atoms with Crippen LogP contribution in [0.3, 0.4) is 0 Å². The first-order chi connectivity index (χ1) is 13.7. The lowest BCUT2D eigenvalue weighted by atomic mass is 10.2. The number of nitrogens with zero attached hydrogens (tertiary/aromatic N) is 3. The van der Waals surface area contributed by atoms with Crippen molar-refractivity contribution in [2.45, 2.75) is 0 Å².